The Morgan fingerprint density at radius 3 is 2.64 bits per heavy atom. The lowest BCUT2D eigenvalue weighted by Crippen LogP contribution is -2.58. The molecule has 1 N–H and O–H groups in total. The van der Waals surface area contributed by atoms with E-state index in [1.165, 1.54) is 0 Å². The number of amides is 2. The Labute approximate surface area is 146 Å². The molecule has 6 heteroatoms. The molecule has 4 rings (SSSR count). The van der Waals surface area contributed by atoms with Gasteiger partial charge in [0.05, 0.1) is 5.54 Å². The van der Waals surface area contributed by atoms with Crippen molar-refractivity contribution in [1.29, 1.82) is 0 Å². The third kappa shape index (κ3) is 2.98. The van der Waals surface area contributed by atoms with Crippen molar-refractivity contribution in [1.82, 2.24) is 10.2 Å². The molecule has 0 bridgehead atoms. The summed E-state index contributed by atoms with van der Waals surface area (Å²) in [7, 11) is 0. The van der Waals surface area contributed by atoms with Crippen molar-refractivity contribution in [2.45, 2.75) is 44.1 Å². The van der Waals surface area contributed by atoms with Crippen LogP contribution in [0.2, 0.25) is 0 Å². The van der Waals surface area contributed by atoms with Crippen molar-refractivity contribution < 1.29 is 18.7 Å². The third-order valence-electron chi connectivity index (χ3n) is 5.87. The van der Waals surface area contributed by atoms with Crippen molar-refractivity contribution in [2.24, 2.45) is 5.92 Å². The molecule has 3 aliphatic rings. The van der Waals surface area contributed by atoms with Gasteiger partial charge in [-0.3, -0.25) is 4.79 Å². The predicted octanol–water partition coefficient (Wildman–Crippen LogP) is 2.73. The number of alkyl carbamates (subject to hydrolysis) is 1. The molecule has 134 valence electrons. The average molecular weight is 346 g/mol. The first-order valence-corrected chi connectivity index (χ1v) is 8.96. The normalized spacial score (nSPS) is 29.3. The van der Waals surface area contributed by atoms with Gasteiger partial charge in [0.2, 0.25) is 5.91 Å². The molecule has 1 aromatic carbocycles. The number of rotatable bonds is 2. The number of benzene rings is 1. The van der Waals surface area contributed by atoms with Gasteiger partial charge in [0.1, 0.15) is 12.4 Å². The Morgan fingerprint density at radius 2 is 2.04 bits per heavy atom. The number of likely N-dealkylation sites (tertiary alicyclic amines) is 1. The molecule has 1 spiro atoms. The molecule has 3 fully saturated rings. The second-order valence-corrected chi connectivity index (χ2v) is 7.71. The van der Waals surface area contributed by atoms with Gasteiger partial charge in [-0.15, -0.1) is 0 Å². The van der Waals surface area contributed by atoms with E-state index in [1.54, 1.807) is 6.07 Å². The van der Waals surface area contributed by atoms with Gasteiger partial charge < -0.3 is 15.0 Å². The van der Waals surface area contributed by atoms with Gasteiger partial charge in [0.15, 0.2) is 0 Å². The van der Waals surface area contributed by atoms with Crippen LogP contribution in [0, 0.1) is 18.7 Å². The van der Waals surface area contributed by atoms with Crippen molar-refractivity contribution in [3.05, 3.63) is 35.1 Å². The van der Waals surface area contributed by atoms with Gasteiger partial charge in [0.25, 0.3) is 0 Å². The number of nitrogens with zero attached hydrogens (tertiary/aromatic N) is 1. The van der Waals surface area contributed by atoms with Crippen molar-refractivity contribution in [2.75, 3.05) is 19.7 Å². The molecule has 1 saturated carbocycles. The molecule has 5 nitrogen and oxygen atoms in total. The van der Waals surface area contributed by atoms with Crippen LogP contribution in [-0.2, 0) is 9.53 Å². The highest BCUT2D eigenvalue weighted by molar-refractivity contribution is 5.81. The molecule has 1 aromatic rings. The number of hydrogen-bond donors (Lipinski definition) is 1. The van der Waals surface area contributed by atoms with Gasteiger partial charge in [-0.25, -0.2) is 9.18 Å². The molecule has 1 aliphatic carbocycles. The molecule has 0 aromatic heterocycles. The monoisotopic (exact) mass is 346 g/mol. The molecular formula is C19H23FN2O3. The van der Waals surface area contributed by atoms with Gasteiger partial charge in [0, 0.05) is 19.0 Å². The maximum Gasteiger partial charge on any atom is 0.407 e. The summed E-state index contributed by atoms with van der Waals surface area (Å²) in [5.41, 5.74) is 1.38. The van der Waals surface area contributed by atoms with Crippen LogP contribution in [0.4, 0.5) is 9.18 Å². The Morgan fingerprint density at radius 1 is 1.32 bits per heavy atom. The lowest BCUT2D eigenvalue weighted by atomic mass is 9.68. The zero-order chi connectivity index (χ0) is 17.6. The number of nitrogens with one attached hydrogen (secondary N) is 1. The summed E-state index contributed by atoms with van der Waals surface area (Å²) in [5.74, 6) is 0.173. The number of halogens is 1. The molecule has 2 saturated heterocycles. The lowest BCUT2D eigenvalue weighted by molar-refractivity contribution is -0.142. The lowest BCUT2D eigenvalue weighted by Gasteiger charge is -2.45. The van der Waals surface area contributed by atoms with E-state index in [0.29, 0.717) is 32.5 Å². The van der Waals surface area contributed by atoms with Crippen LogP contribution in [0.3, 0.4) is 0 Å². The topological polar surface area (TPSA) is 58.6 Å². The minimum absolute atomic E-state index is 0.0327. The zero-order valence-corrected chi connectivity index (χ0v) is 14.4. The Kier molecular flexibility index (Phi) is 3.93. The van der Waals surface area contributed by atoms with E-state index in [9.17, 15) is 14.0 Å². The Bertz CT molecular complexity index is 707. The first-order valence-electron chi connectivity index (χ1n) is 8.96. The summed E-state index contributed by atoms with van der Waals surface area (Å²) in [6.07, 6.45) is 2.52. The van der Waals surface area contributed by atoms with Gasteiger partial charge in [-0.1, -0.05) is 12.1 Å². The minimum Gasteiger partial charge on any atom is -0.447 e. The molecular weight excluding hydrogens is 323 g/mol. The van der Waals surface area contributed by atoms with Crippen LogP contribution in [0.15, 0.2) is 18.2 Å². The maximum atomic E-state index is 14.2. The summed E-state index contributed by atoms with van der Waals surface area (Å²) < 4.78 is 19.1. The zero-order valence-electron chi connectivity index (χ0n) is 14.4. The molecule has 2 aliphatic heterocycles. The number of carbonyl (C=O) groups is 2. The SMILES string of the molecule is Cc1ccc(C2CCN(C(=O)C3CC4(COC(=O)N4)C3)CC2)c(F)c1. The van der Waals surface area contributed by atoms with Crippen molar-refractivity contribution in [3.63, 3.8) is 0 Å². The first kappa shape index (κ1) is 16.4. The number of piperidine rings is 1. The predicted molar refractivity (Wildman–Crippen MR) is 89.6 cm³/mol. The van der Waals surface area contributed by atoms with Crippen LogP contribution < -0.4 is 5.32 Å². The van der Waals surface area contributed by atoms with Gasteiger partial charge in [-0.05, 0) is 55.7 Å². The smallest absolute Gasteiger partial charge is 0.407 e. The number of ether oxygens (including phenoxy) is 1. The number of carbonyl (C=O) groups excluding carboxylic acids is 2. The fourth-order valence-corrected chi connectivity index (χ4v) is 4.40. The molecule has 25 heavy (non-hydrogen) atoms. The summed E-state index contributed by atoms with van der Waals surface area (Å²) >= 11 is 0. The van der Waals surface area contributed by atoms with E-state index in [2.05, 4.69) is 5.32 Å². The van der Waals surface area contributed by atoms with E-state index in [0.717, 1.165) is 24.0 Å². The van der Waals surface area contributed by atoms with Crippen LogP contribution >= 0.6 is 0 Å². The molecule has 2 amide bonds. The highest BCUT2D eigenvalue weighted by atomic mass is 19.1. The second kappa shape index (κ2) is 6.00. The molecule has 2 heterocycles. The average Bonchev–Trinajstić information content (AvgIpc) is 2.95. The highest BCUT2D eigenvalue weighted by Crippen LogP contribution is 2.42. The van der Waals surface area contributed by atoms with Crippen molar-refractivity contribution >= 4 is 12.0 Å². The van der Waals surface area contributed by atoms with Crippen LogP contribution in [-0.4, -0.2) is 42.1 Å². The van der Waals surface area contributed by atoms with Gasteiger partial charge in [-0.2, -0.15) is 0 Å². The Balaban J connectivity index is 1.32. The van der Waals surface area contributed by atoms with Crippen molar-refractivity contribution in [3.8, 4) is 0 Å². The largest absolute Gasteiger partial charge is 0.447 e. The summed E-state index contributed by atoms with van der Waals surface area (Å²) in [6.45, 7) is 3.59. The number of cyclic esters (lactones) is 1. The fraction of sp³-hybridized carbons (Fsp3) is 0.579. The summed E-state index contributed by atoms with van der Waals surface area (Å²) in [5, 5.41) is 2.82. The van der Waals surface area contributed by atoms with Crippen LogP contribution in [0.1, 0.15) is 42.7 Å². The van der Waals surface area contributed by atoms with Gasteiger partial charge >= 0.3 is 6.09 Å². The van der Waals surface area contributed by atoms with E-state index in [-0.39, 0.29) is 35.2 Å². The standard InChI is InChI=1S/C19H23FN2O3/c1-12-2-3-15(16(20)8-12)13-4-6-22(7-5-13)17(23)14-9-19(10-14)11-25-18(24)21-19/h2-3,8,13-14H,4-7,9-11H2,1H3,(H,21,24). The van der Waals surface area contributed by atoms with E-state index < -0.39 is 0 Å². The summed E-state index contributed by atoms with van der Waals surface area (Å²) in [4.78, 5) is 25.7. The molecule has 0 atom stereocenters. The highest BCUT2D eigenvalue weighted by Gasteiger charge is 2.53. The second-order valence-electron chi connectivity index (χ2n) is 7.71. The minimum atomic E-state index is -0.383. The first-order chi connectivity index (χ1) is 12.0. The van der Waals surface area contributed by atoms with E-state index in [4.69, 9.17) is 4.74 Å². The third-order valence-corrected chi connectivity index (χ3v) is 5.87. The molecule has 0 radical (unpaired) electrons. The maximum absolute atomic E-state index is 14.2. The quantitative estimate of drug-likeness (QED) is 0.896. The number of hydrogen-bond acceptors (Lipinski definition) is 3. The number of aryl methyl sites for hydroxylation is 1. The van der Waals surface area contributed by atoms with Crippen LogP contribution in [0.25, 0.3) is 0 Å². The Hall–Kier alpha value is -2.11. The van der Waals surface area contributed by atoms with E-state index >= 15 is 0 Å². The molecule has 0 unspecified atom stereocenters. The van der Waals surface area contributed by atoms with Crippen LogP contribution in [0.5, 0.6) is 0 Å². The van der Waals surface area contributed by atoms with E-state index in [1.807, 2.05) is 24.0 Å². The fourth-order valence-electron chi connectivity index (χ4n) is 4.40. The summed E-state index contributed by atoms with van der Waals surface area (Å²) in [6, 6.07) is 5.41.